The number of aromatic nitrogens is 10. The van der Waals surface area contributed by atoms with Crippen LogP contribution in [0.5, 0.6) is 11.5 Å². The molecule has 694 valence electrons. The standard InChI is InChI=1S/C22H24N2O4.3C21H23N3OS.C21H19NO4S.CH4/c1-15-9-11-18(12-10-15)22(3)21(26)24(16(2)23-22)13-20(25)28-14-17-7-5-6-8-19(17)27-4;3*1-4-16-5-7-18(8-6-16)20-22-21(24-23-20)26-13-19(25)12-17-10-14(2)9-15(3)11-17;1-14-3-5-17(6-4-14)21-22-18(13-27-21)11-26-20(24)12-25-19-9-7-16(8-10-19)15(2)23;/h5-12,23H,2,13-14H2,1,3-4H3;3*5-11H,4,12-13H2,1-3H3,(H,22,23,24);3-10,13H,11-12H2,1-2H3;1H4/t22-;;;;;/m0...../s1. The smallest absolute Gasteiger partial charge is 0.344 e. The second-order valence-electron chi connectivity index (χ2n) is 32.5. The number of hydrogen-bond donors (Lipinski definition) is 4. The Bertz CT molecular complexity index is 5890. The van der Waals surface area contributed by atoms with Gasteiger partial charge in [0.25, 0.3) is 5.91 Å². The maximum Gasteiger partial charge on any atom is 0.344 e. The van der Waals surface area contributed by atoms with Crippen LogP contribution in [0.1, 0.15) is 147 Å². The van der Waals surface area contributed by atoms with Crippen LogP contribution in [0.4, 0.5) is 0 Å². The van der Waals surface area contributed by atoms with Crippen molar-refractivity contribution >= 4 is 87.6 Å². The molecule has 1 aliphatic rings. The van der Waals surface area contributed by atoms with Crippen molar-refractivity contribution in [1.82, 2.24) is 60.7 Å². The summed E-state index contributed by atoms with van der Waals surface area (Å²) in [6, 6.07) is 73.3. The van der Waals surface area contributed by atoms with Crippen LogP contribution in [0.15, 0.2) is 258 Å². The highest BCUT2D eigenvalue weighted by molar-refractivity contribution is 8.00. The van der Waals surface area contributed by atoms with Crippen LogP contribution in [-0.4, -0.2) is 134 Å². The molecule has 0 spiro atoms. The normalized spacial score (nSPS) is 12.4. The fraction of sp³-hybridized carbons (Fsp3) is 0.271. The maximum atomic E-state index is 13.0. The monoisotopic (exact) mass is 1870 g/mol. The SMILES string of the molecule is C.C=C1N[C@@](C)(c2ccc(C)cc2)C(=O)N1CC(=O)OCc1ccccc1OC.CC(=O)c1ccc(OCC(=O)OCc2csc(-c3ccc(C)cc3)n2)cc1.CCc1ccc(-c2nc(SCC(=O)Cc3cc(C)cc(C)c3)n[nH]2)cc1.CCc1ccc(-c2nc(SCC(=O)Cc3cc(C)cc(C)c3)n[nH]2)cc1.CCc1ccc(-c2nc(SCC(=O)Cc3cc(C)cc(C)c3)n[nH]2)cc1. The molecule has 1 fully saturated rings. The Morgan fingerprint density at radius 2 is 0.843 bits per heavy atom. The van der Waals surface area contributed by atoms with Gasteiger partial charge in [0.2, 0.25) is 15.5 Å². The van der Waals surface area contributed by atoms with Gasteiger partial charge < -0.3 is 24.3 Å². The van der Waals surface area contributed by atoms with Gasteiger partial charge in [0, 0.05) is 58.0 Å². The lowest BCUT2D eigenvalue weighted by atomic mass is 9.91. The Labute approximate surface area is 801 Å². The van der Waals surface area contributed by atoms with Crippen LogP contribution in [0.2, 0.25) is 0 Å². The number of H-pyrrole nitrogens is 3. The Balaban J connectivity index is 0.000000173. The molecule has 0 saturated carbocycles. The summed E-state index contributed by atoms with van der Waals surface area (Å²) in [5.74, 6) is 4.13. The van der Waals surface area contributed by atoms with Gasteiger partial charge >= 0.3 is 11.9 Å². The number of para-hydroxylation sites is 1. The summed E-state index contributed by atoms with van der Waals surface area (Å²) in [7, 11) is 1.56. The van der Waals surface area contributed by atoms with Crippen LogP contribution in [-0.2, 0) is 95.5 Å². The van der Waals surface area contributed by atoms with Crippen molar-refractivity contribution < 1.29 is 52.5 Å². The number of nitrogens with one attached hydrogen (secondary N) is 4. The molecule has 27 heteroatoms. The number of hydrogen-bond acceptors (Lipinski definition) is 23. The number of carbonyl (C=O) groups excluding carboxylic acids is 7. The van der Waals surface area contributed by atoms with E-state index in [9.17, 15) is 33.6 Å². The number of ether oxygens (including phenoxy) is 4. The lowest BCUT2D eigenvalue weighted by Crippen LogP contribution is -2.41. The van der Waals surface area contributed by atoms with E-state index < -0.39 is 17.5 Å². The molecule has 23 nitrogen and oxygen atoms in total. The highest BCUT2D eigenvalue weighted by Crippen LogP contribution is 2.34. The van der Waals surface area contributed by atoms with Crippen LogP contribution in [0.25, 0.3) is 44.7 Å². The second kappa shape index (κ2) is 50.4. The average Bonchev–Trinajstić information content (AvgIpc) is 1.61. The van der Waals surface area contributed by atoms with E-state index in [4.69, 9.17) is 18.9 Å². The summed E-state index contributed by atoms with van der Waals surface area (Å²) >= 11 is 5.64. The van der Waals surface area contributed by atoms with Gasteiger partial charge in [0.15, 0.2) is 29.9 Å². The van der Waals surface area contributed by atoms with Crippen molar-refractivity contribution in [3.8, 4) is 56.2 Å². The summed E-state index contributed by atoms with van der Waals surface area (Å²) in [5, 5.41) is 29.2. The zero-order valence-corrected chi connectivity index (χ0v) is 80.8. The van der Waals surface area contributed by atoms with Gasteiger partial charge in [-0.2, -0.15) is 0 Å². The molecule has 10 aromatic carbocycles. The number of Topliss-reactive ketones (excluding diaryl/α,β-unsaturated/α-hetero) is 4. The fourth-order valence-electron chi connectivity index (χ4n) is 14.3. The van der Waals surface area contributed by atoms with Gasteiger partial charge in [-0.15, -0.1) is 26.6 Å². The van der Waals surface area contributed by atoms with Crippen molar-refractivity contribution in [2.75, 3.05) is 37.5 Å². The van der Waals surface area contributed by atoms with Gasteiger partial charge in [0.05, 0.1) is 30.1 Å². The quantitative estimate of drug-likeness (QED) is 0.0165. The first-order valence-electron chi connectivity index (χ1n) is 43.7. The zero-order chi connectivity index (χ0) is 95.1. The number of aromatic amines is 3. The highest BCUT2D eigenvalue weighted by atomic mass is 32.2. The van der Waals surface area contributed by atoms with E-state index in [1.165, 1.54) is 114 Å². The first-order valence-corrected chi connectivity index (χ1v) is 47.5. The molecule has 14 aromatic rings. The lowest BCUT2D eigenvalue weighted by molar-refractivity contribution is -0.149. The molecule has 15 rings (SSSR count). The lowest BCUT2D eigenvalue weighted by Gasteiger charge is -2.23. The van der Waals surface area contributed by atoms with Gasteiger partial charge in [-0.25, -0.2) is 24.7 Å². The number of methoxy groups -OCH3 is 1. The predicted molar refractivity (Wildman–Crippen MR) is 536 cm³/mol. The Morgan fingerprint density at radius 3 is 1.24 bits per heavy atom. The number of aryl methyl sites for hydroxylation is 11. The van der Waals surface area contributed by atoms with Gasteiger partial charge in [-0.1, -0.05) is 309 Å². The predicted octanol–water partition coefficient (Wildman–Crippen LogP) is 21.6. The van der Waals surface area contributed by atoms with Crippen LogP contribution >= 0.6 is 46.6 Å². The Hall–Kier alpha value is -13.5. The number of esters is 2. The third kappa shape index (κ3) is 31.4. The Morgan fingerprint density at radius 1 is 0.455 bits per heavy atom. The number of rotatable bonds is 34. The fourth-order valence-corrected chi connectivity index (χ4v) is 17.1. The summed E-state index contributed by atoms with van der Waals surface area (Å²) in [6.07, 6.45) is 4.39. The minimum Gasteiger partial charge on any atom is -0.496 e. The number of thiazole rings is 1. The summed E-state index contributed by atoms with van der Waals surface area (Å²) in [5.41, 5.74) is 22.5. The van der Waals surface area contributed by atoms with Crippen molar-refractivity contribution in [3.63, 3.8) is 0 Å². The number of ketones is 4. The van der Waals surface area contributed by atoms with Crippen molar-refractivity contribution in [3.05, 3.63) is 343 Å². The summed E-state index contributed by atoms with van der Waals surface area (Å²) in [4.78, 5) is 105. The van der Waals surface area contributed by atoms with E-state index in [0.717, 1.165) is 97.4 Å². The molecule has 1 aliphatic heterocycles. The second-order valence-corrected chi connectivity index (χ2v) is 36.2. The number of benzene rings is 10. The first-order chi connectivity index (χ1) is 63.9. The third-order valence-corrected chi connectivity index (χ3v) is 24.8. The van der Waals surface area contributed by atoms with E-state index in [-0.39, 0.29) is 62.8 Å². The zero-order valence-electron chi connectivity index (χ0n) is 77.5. The molecule has 134 heavy (non-hydrogen) atoms. The number of thioether (sulfide) groups is 3. The van der Waals surface area contributed by atoms with Crippen molar-refractivity contribution in [2.24, 2.45) is 0 Å². The van der Waals surface area contributed by atoms with Crippen LogP contribution in [0, 0.1) is 55.4 Å². The molecular formula is C107H116N12O11S4. The number of carbonyl (C=O) groups is 7. The van der Waals surface area contributed by atoms with Crippen LogP contribution < -0.4 is 14.8 Å². The molecule has 1 atom stereocenters. The molecule has 4 aromatic heterocycles. The van der Waals surface area contributed by atoms with E-state index in [0.29, 0.717) is 80.6 Å². The topological polar surface area (TPSA) is 309 Å². The van der Waals surface area contributed by atoms with Crippen LogP contribution in [0.3, 0.4) is 0 Å². The van der Waals surface area contributed by atoms with Gasteiger partial charge in [-0.3, -0.25) is 49.0 Å². The number of nitrogens with zero attached hydrogens (tertiary/aromatic N) is 8. The largest absolute Gasteiger partial charge is 0.496 e. The Kier molecular flexibility index (Phi) is 38.6. The molecule has 1 saturated heterocycles. The molecule has 0 aliphatic carbocycles. The first kappa shape index (κ1) is 103. The average molecular weight is 1870 g/mol. The van der Waals surface area contributed by atoms with Gasteiger partial charge in [0.1, 0.15) is 65.0 Å². The minimum absolute atomic E-state index is 0. The summed E-state index contributed by atoms with van der Waals surface area (Å²) < 4.78 is 21.2. The molecule has 4 N–H and O–H groups in total. The third-order valence-electron chi connectivity index (χ3n) is 21.2. The highest BCUT2D eigenvalue weighted by Gasteiger charge is 2.47. The van der Waals surface area contributed by atoms with E-state index in [1.54, 1.807) is 44.4 Å². The van der Waals surface area contributed by atoms with Crippen molar-refractivity contribution in [2.45, 2.75) is 170 Å². The van der Waals surface area contributed by atoms with E-state index in [2.05, 4.69) is 216 Å². The molecule has 0 radical (unpaired) electrons. The summed E-state index contributed by atoms with van der Waals surface area (Å²) in [6.45, 7) is 29.7. The molecule has 1 amide bonds. The maximum absolute atomic E-state index is 13.0. The van der Waals surface area contributed by atoms with Gasteiger partial charge in [-0.05, 0) is 158 Å². The molecular weight excluding hydrogens is 1760 g/mol. The minimum atomic E-state index is -0.965. The molecule has 0 unspecified atom stereocenters. The van der Waals surface area contributed by atoms with Crippen molar-refractivity contribution in [1.29, 1.82) is 0 Å². The van der Waals surface area contributed by atoms with E-state index >= 15 is 0 Å². The molecule has 0 bridgehead atoms. The van der Waals surface area contributed by atoms with E-state index in [1.807, 2.05) is 122 Å². The molecule has 5 heterocycles. The number of amides is 1.